The predicted molar refractivity (Wildman–Crippen MR) is 124 cm³/mol. The third kappa shape index (κ3) is 5.39. The number of piperazine rings is 1. The third-order valence-electron chi connectivity index (χ3n) is 5.91. The van der Waals surface area contributed by atoms with Crippen molar-refractivity contribution in [3.05, 3.63) is 30.0 Å². The zero-order chi connectivity index (χ0) is 24.5. The van der Waals surface area contributed by atoms with Gasteiger partial charge in [0.2, 0.25) is 17.7 Å². The Kier molecular flexibility index (Phi) is 6.60. The minimum Gasteiger partial charge on any atom is -0.462 e. The number of anilines is 1. The smallest absolute Gasteiger partial charge is 0.410 e. The van der Waals surface area contributed by atoms with E-state index in [2.05, 4.69) is 10.6 Å². The molecule has 2 aliphatic rings. The number of rotatable bonds is 4. The molecule has 1 aromatic carbocycles. The van der Waals surface area contributed by atoms with Crippen LogP contribution in [0.15, 0.2) is 28.9 Å². The largest absolute Gasteiger partial charge is 0.462 e. The second kappa shape index (κ2) is 9.46. The number of hydrogen-bond acceptors (Lipinski definition) is 7. The van der Waals surface area contributed by atoms with Crippen molar-refractivity contribution in [2.45, 2.75) is 45.1 Å². The minimum absolute atomic E-state index is 0.180. The Labute approximate surface area is 197 Å². The van der Waals surface area contributed by atoms with Crippen molar-refractivity contribution in [2.75, 3.05) is 38.0 Å². The molecular formula is C24H30N4O6. The number of carbonyl (C=O) groups is 4. The summed E-state index contributed by atoms with van der Waals surface area (Å²) in [5.41, 5.74) is 1.17. The average Bonchev–Trinajstić information content (AvgIpc) is 3.18. The van der Waals surface area contributed by atoms with Crippen LogP contribution in [-0.2, 0) is 19.1 Å². The van der Waals surface area contributed by atoms with E-state index in [-0.39, 0.29) is 36.8 Å². The van der Waals surface area contributed by atoms with Crippen LogP contribution in [0.3, 0.4) is 0 Å². The molecule has 34 heavy (non-hydrogen) atoms. The van der Waals surface area contributed by atoms with Crippen molar-refractivity contribution >= 4 is 40.5 Å². The average molecular weight is 471 g/mol. The van der Waals surface area contributed by atoms with Crippen LogP contribution in [0.4, 0.5) is 10.5 Å². The van der Waals surface area contributed by atoms with E-state index in [1.807, 2.05) is 31.7 Å². The van der Waals surface area contributed by atoms with Gasteiger partial charge in [0, 0.05) is 43.5 Å². The molecule has 2 saturated heterocycles. The molecule has 1 unspecified atom stereocenters. The second-order valence-corrected chi connectivity index (χ2v) is 9.67. The number of imide groups is 1. The Morgan fingerprint density at radius 2 is 1.91 bits per heavy atom. The summed E-state index contributed by atoms with van der Waals surface area (Å²) in [5.74, 6) is -1.27. The molecule has 2 aliphatic heterocycles. The van der Waals surface area contributed by atoms with Gasteiger partial charge in [0.25, 0.3) is 0 Å². The molecule has 182 valence electrons. The summed E-state index contributed by atoms with van der Waals surface area (Å²) < 4.78 is 11.1. The molecule has 4 amide bonds. The maximum absolute atomic E-state index is 12.7. The number of furan rings is 1. The number of benzene rings is 1. The van der Waals surface area contributed by atoms with Crippen LogP contribution in [0, 0.1) is 0 Å². The zero-order valence-corrected chi connectivity index (χ0v) is 19.7. The molecule has 3 heterocycles. The van der Waals surface area contributed by atoms with E-state index in [1.54, 1.807) is 17.0 Å². The first kappa shape index (κ1) is 23.7. The second-order valence-electron chi connectivity index (χ2n) is 9.67. The number of carbonyl (C=O) groups excluding carboxylic acids is 4. The van der Waals surface area contributed by atoms with Gasteiger partial charge in [-0.25, -0.2) is 4.79 Å². The maximum Gasteiger partial charge on any atom is 0.410 e. The molecule has 0 radical (unpaired) electrons. The summed E-state index contributed by atoms with van der Waals surface area (Å²) >= 11 is 0. The molecule has 4 rings (SSSR count). The Hall–Kier alpha value is -3.40. The minimum atomic E-state index is -0.543. The van der Waals surface area contributed by atoms with E-state index >= 15 is 0 Å². The number of nitrogens with zero attached hydrogens (tertiary/aromatic N) is 2. The quantitative estimate of drug-likeness (QED) is 0.659. The van der Waals surface area contributed by atoms with Crippen LogP contribution < -0.4 is 10.6 Å². The molecule has 0 saturated carbocycles. The number of nitrogens with one attached hydrogen (secondary N) is 2. The first-order valence-corrected chi connectivity index (χ1v) is 11.4. The van der Waals surface area contributed by atoms with Gasteiger partial charge in [-0.3, -0.25) is 24.6 Å². The molecule has 10 heteroatoms. The van der Waals surface area contributed by atoms with Crippen LogP contribution >= 0.6 is 0 Å². The van der Waals surface area contributed by atoms with Gasteiger partial charge in [-0.05, 0) is 33.3 Å². The highest BCUT2D eigenvalue weighted by Crippen LogP contribution is 2.35. The van der Waals surface area contributed by atoms with Crippen molar-refractivity contribution in [1.82, 2.24) is 15.1 Å². The van der Waals surface area contributed by atoms with Gasteiger partial charge in [0.1, 0.15) is 5.60 Å². The number of piperidine rings is 1. The Morgan fingerprint density at radius 3 is 2.59 bits per heavy atom. The molecule has 1 aromatic heterocycles. The van der Waals surface area contributed by atoms with Gasteiger partial charge >= 0.3 is 6.09 Å². The van der Waals surface area contributed by atoms with E-state index in [4.69, 9.17) is 9.15 Å². The summed E-state index contributed by atoms with van der Waals surface area (Å²) in [6.07, 6.45) is 1.88. The first-order valence-electron chi connectivity index (χ1n) is 11.4. The lowest BCUT2D eigenvalue weighted by molar-refractivity contribution is -0.134. The third-order valence-corrected chi connectivity index (χ3v) is 5.91. The lowest BCUT2D eigenvalue weighted by atomic mass is 9.90. The standard InChI is InChI=1S/C24H30N4O6/c1-24(2,3)34-23(32)28-11-9-27(10-12-28)13-20(30)25-18-6-4-5-15-17(14-33-21(15)18)16-7-8-19(29)26-22(16)31/h4-6,14,16H,7-13H2,1-3H3,(H,25,30)(H,26,29,31). The molecule has 2 fully saturated rings. The van der Waals surface area contributed by atoms with Gasteiger partial charge < -0.3 is 19.4 Å². The Balaban J connectivity index is 1.36. The number of para-hydroxylation sites is 1. The lowest BCUT2D eigenvalue weighted by Crippen LogP contribution is -2.51. The fourth-order valence-corrected chi connectivity index (χ4v) is 4.24. The van der Waals surface area contributed by atoms with Crippen molar-refractivity contribution in [3.63, 3.8) is 0 Å². The van der Waals surface area contributed by atoms with Gasteiger partial charge in [-0.2, -0.15) is 0 Å². The van der Waals surface area contributed by atoms with Crippen LogP contribution in [0.5, 0.6) is 0 Å². The summed E-state index contributed by atoms with van der Waals surface area (Å²) in [6, 6.07) is 5.38. The van der Waals surface area contributed by atoms with Gasteiger partial charge in [-0.1, -0.05) is 12.1 Å². The summed E-state index contributed by atoms with van der Waals surface area (Å²) in [4.78, 5) is 52.3. The van der Waals surface area contributed by atoms with E-state index in [1.165, 1.54) is 6.26 Å². The monoisotopic (exact) mass is 470 g/mol. The van der Waals surface area contributed by atoms with Crippen LogP contribution in [-0.4, -0.2) is 71.9 Å². The molecule has 0 spiro atoms. The highest BCUT2D eigenvalue weighted by Gasteiger charge is 2.31. The molecule has 2 aromatic rings. The predicted octanol–water partition coefficient (Wildman–Crippen LogP) is 2.44. The van der Waals surface area contributed by atoms with E-state index in [0.717, 1.165) is 5.39 Å². The zero-order valence-electron chi connectivity index (χ0n) is 19.7. The number of fused-ring (bicyclic) bond motifs is 1. The SMILES string of the molecule is CC(C)(C)OC(=O)N1CCN(CC(=O)Nc2cccc3c(C4CCC(=O)NC4=O)coc23)CC1. The van der Waals surface area contributed by atoms with E-state index in [0.29, 0.717) is 49.4 Å². The molecule has 2 N–H and O–H groups in total. The summed E-state index contributed by atoms with van der Waals surface area (Å²) in [6.45, 7) is 7.79. The van der Waals surface area contributed by atoms with Crippen LogP contribution in [0.1, 0.15) is 45.1 Å². The summed E-state index contributed by atoms with van der Waals surface area (Å²) in [5, 5.41) is 6.00. The fraction of sp³-hybridized carbons (Fsp3) is 0.500. The first-order chi connectivity index (χ1) is 16.1. The van der Waals surface area contributed by atoms with E-state index < -0.39 is 11.5 Å². The number of ether oxygens (including phenoxy) is 1. The summed E-state index contributed by atoms with van der Waals surface area (Å²) in [7, 11) is 0. The highest BCUT2D eigenvalue weighted by molar-refractivity contribution is 6.05. The van der Waals surface area contributed by atoms with Crippen LogP contribution in [0.25, 0.3) is 11.0 Å². The molecular weight excluding hydrogens is 440 g/mol. The van der Waals surface area contributed by atoms with Crippen molar-refractivity contribution < 1.29 is 28.3 Å². The molecule has 0 aliphatic carbocycles. The fourth-order valence-electron chi connectivity index (χ4n) is 4.24. The van der Waals surface area contributed by atoms with Gasteiger partial charge in [0.15, 0.2) is 5.58 Å². The maximum atomic E-state index is 12.7. The van der Waals surface area contributed by atoms with Gasteiger partial charge in [0.05, 0.1) is 24.4 Å². The normalized spacial score (nSPS) is 19.7. The number of hydrogen-bond donors (Lipinski definition) is 2. The Morgan fingerprint density at radius 1 is 1.18 bits per heavy atom. The molecule has 1 atom stereocenters. The highest BCUT2D eigenvalue weighted by atomic mass is 16.6. The molecule has 10 nitrogen and oxygen atoms in total. The number of amides is 4. The van der Waals surface area contributed by atoms with Crippen LogP contribution in [0.2, 0.25) is 0 Å². The van der Waals surface area contributed by atoms with Crippen molar-refractivity contribution in [2.24, 2.45) is 0 Å². The molecule has 0 bridgehead atoms. The lowest BCUT2D eigenvalue weighted by Gasteiger charge is -2.35. The van der Waals surface area contributed by atoms with E-state index in [9.17, 15) is 19.2 Å². The Bertz CT molecular complexity index is 1110. The van der Waals surface area contributed by atoms with Gasteiger partial charge in [-0.15, -0.1) is 0 Å². The van der Waals surface area contributed by atoms with Crippen molar-refractivity contribution in [1.29, 1.82) is 0 Å². The van der Waals surface area contributed by atoms with Crippen molar-refractivity contribution in [3.8, 4) is 0 Å². The topological polar surface area (TPSA) is 121 Å².